The number of carbonyl (C=O) groups excluding carboxylic acids is 1. The lowest BCUT2D eigenvalue weighted by Crippen LogP contribution is -2.46. The summed E-state index contributed by atoms with van der Waals surface area (Å²) in [5.41, 5.74) is 10.0. The van der Waals surface area contributed by atoms with Crippen molar-refractivity contribution in [2.45, 2.75) is 46.6 Å². The Balaban J connectivity index is 0. The van der Waals surface area contributed by atoms with Crippen LogP contribution in [0, 0.1) is 0 Å². The molecular formula is C13H33N3O4Si. The molecule has 5 N–H and O–H groups in total. The zero-order valence-corrected chi connectivity index (χ0v) is 14.9. The van der Waals surface area contributed by atoms with E-state index in [0.717, 1.165) is 19.4 Å². The lowest BCUT2D eigenvalue weighted by Gasteiger charge is -2.28. The first kappa shape index (κ1) is 22.6. The zero-order chi connectivity index (χ0) is 16.6. The smallest absolute Gasteiger partial charge is 0.374 e. The third-order valence-corrected chi connectivity index (χ3v) is 5.49. The predicted molar refractivity (Wildman–Crippen MR) is 87.0 cm³/mol. The number of hydrogen-bond donors (Lipinski definition) is 3. The first-order chi connectivity index (χ1) is 10.0. The fraction of sp³-hybridized carbons (Fsp3) is 0.923. The van der Waals surface area contributed by atoms with E-state index < -0.39 is 14.8 Å². The van der Waals surface area contributed by atoms with Crippen molar-refractivity contribution in [3.63, 3.8) is 0 Å². The molecule has 128 valence electrons. The van der Waals surface area contributed by atoms with Gasteiger partial charge in [-0.1, -0.05) is 6.92 Å². The maximum Gasteiger partial charge on any atom is 0.500 e. The normalized spacial score (nSPS) is 10.7. The number of nitrogens with two attached hydrogens (primary N) is 2. The monoisotopic (exact) mass is 323 g/mol. The summed E-state index contributed by atoms with van der Waals surface area (Å²) in [5.74, 6) is 0. The second kappa shape index (κ2) is 15.7. The SMILES string of the molecule is CCCN.CCO[Si](CCCNC(N)=O)(OCC)OCC. The quantitative estimate of drug-likeness (QED) is 0.394. The maximum absolute atomic E-state index is 10.5. The molecule has 7 nitrogen and oxygen atoms in total. The van der Waals surface area contributed by atoms with Crippen LogP contribution in [-0.4, -0.2) is 47.7 Å². The molecule has 0 radical (unpaired) electrons. The Kier molecular flexibility index (Phi) is 16.9. The molecule has 21 heavy (non-hydrogen) atoms. The fourth-order valence-electron chi connectivity index (χ4n) is 1.52. The molecule has 0 fully saturated rings. The van der Waals surface area contributed by atoms with Crippen molar-refractivity contribution < 1.29 is 18.1 Å². The Morgan fingerprint density at radius 3 is 1.76 bits per heavy atom. The highest BCUT2D eigenvalue weighted by molar-refractivity contribution is 6.60. The van der Waals surface area contributed by atoms with E-state index in [0.29, 0.717) is 32.4 Å². The summed E-state index contributed by atoms with van der Waals surface area (Å²) in [6, 6.07) is 0.171. The van der Waals surface area contributed by atoms with Crippen molar-refractivity contribution in [2.75, 3.05) is 32.9 Å². The molecule has 0 rings (SSSR count). The van der Waals surface area contributed by atoms with E-state index in [2.05, 4.69) is 12.2 Å². The number of hydrogen-bond acceptors (Lipinski definition) is 5. The highest BCUT2D eigenvalue weighted by Crippen LogP contribution is 2.17. The third-order valence-electron chi connectivity index (χ3n) is 2.34. The van der Waals surface area contributed by atoms with Gasteiger partial charge in [0.1, 0.15) is 0 Å². The molecule has 0 aliphatic heterocycles. The van der Waals surface area contributed by atoms with Gasteiger partial charge in [-0.2, -0.15) is 0 Å². The average Bonchev–Trinajstić information content (AvgIpc) is 2.45. The van der Waals surface area contributed by atoms with Crippen molar-refractivity contribution >= 4 is 14.8 Å². The number of urea groups is 1. The largest absolute Gasteiger partial charge is 0.500 e. The van der Waals surface area contributed by atoms with Crippen LogP contribution >= 0.6 is 0 Å². The van der Waals surface area contributed by atoms with Gasteiger partial charge in [0, 0.05) is 32.4 Å². The standard InChI is InChI=1S/C10H24N2O4Si.C3H9N/c1-4-14-17(15-5-2,16-6-3)9-7-8-12-10(11)13;1-2-3-4/h4-9H2,1-3H3,(H3,11,12,13);2-4H2,1H3. The molecule has 0 saturated carbocycles. The number of carbonyl (C=O) groups is 1. The Labute approximate surface area is 130 Å². The lowest BCUT2D eigenvalue weighted by molar-refractivity contribution is 0.0708. The molecule has 0 saturated heterocycles. The topological polar surface area (TPSA) is 109 Å². The van der Waals surface area contributed by atoms with E-state index in [1.165, 1.54) is 0 Å². The van der Waals surface area contributed by atoms with E-state index in [1.54, 1.807) is 0 Å². The van der Waals surface area contributed by atoms with Gasteiger partial charge in [0.25, 0.3) is 0 Å². The molecule has 0 aliphatic rings. The van der Waals surface area contributed by atoms with Crippen LogP contribution in [0.3, 0.4) is 0 Å². The van der Waals surface area contributed by atoms with Gasteiger partial charge < -0.3 is 30.1 Å². The predicted octanol–water partition coefficient (Wildman–Crippen LogP) is 1.45. The lowest BCUT2D eigenvalue weighted by atomic mass is 10.5. The Morgan fingerprint density at radius 1 is 1.05 bits per heavy atom. The molecule has 0 spiro atoms. The highest BCUT2D eigenvalue weighted by Gasteiger charge is 2.39. The second-order valence-electron chi connectivity index (χ2n) is 4.17. The van der Waals surface area contributed by atoms with Gasteiger partial charge in [0.15, 0.2) is 0 Å². The van der Waals surface area contributed by atoms with Crippen LogP contribution in [-0.2, 0) is 13.3 Å². The zero-order valence-electron chi connectivity index (χ0n) is 13.9. The first-order valence-corrected chi connectivity index (χ1v) is 9.60. The molecular weight excluding hydrogens is 290 g/mol. The maximum atomic E-state index is 10.5. The molecule has 8 heteroatoms. The van der Waals surface area contributed by atoms with E-state index >= 15 is 0 Å². The van der Waals surface area contributed by atoms with Gasteiger partial charge in [-0.25, -0.2) is 4.79 Å². The molecule has 0 atom stereocenters. The Bertz CT molecular complexity index is 226. The third kappa shape index (κ3) is 14.0. The molecule has 0 aliphatic carbocycles. The highest BCUT2D eigenvalue weighted by atomic mass is 28.4. The van der Waals surface area contributed by atoms with Crippen LogP contribution in [0.15, 0.2) is 0 Å². The van der Waals surface area contributed by atoms with Crippen molar-refractivity contribution in [3.8, 4) is 0 Å². The van der Waals surface area contributed by atoms with E-state index in [-0.39, 0.29) is 0 Å². The van der Waals surface area contributed by atoms with Crippen LogP contribution in [0.1, 0.15) is 40.5 Å². The molecule has 0 bridgehead atoms. The number of nitrogens with one attached hydrogen (secondary N) is 1. The minimum atomic E-state index is -2.56. The van der Waals surface area contributed by atoms with Gasteiger partial charge in [-0.05, 0) is 40.2 Å². The Morgan fingerprint density at radius 2 is 1.48 bits per heavy atom. The number of primary amides is 1. The molecule has 0 heterocycles. The van der Waals surface area contributed by atoms with Crippen molar-refractivity contribution in [1.29, 1.82) is 0 Å². The summed E-state index contributed by atoms with van der Waals surface area (Å²) < 4.78 is 17.0. The van der Waals surface area contributed by atoms with Crippen molar-refractivity contribution in [2.24, 2.45) is 11.5 Å². The summed E-state index contributed by atoms with van der Waals surface area (Å²) in [6.45, 7) is 10.8. The van der Waals surface area contributed by atoms with Crippen molar-refractivity contribution in [1.82, 2.24) is 5.32 Å². The second-order valence-corrected chi connectivity index (χ2v) is 6.90. The minimum Gasteiger partial charge on any atom is -0.374 e. The van der Waals surface area contributed by atoms with Gasteiger partial charge in [-0.15, -0.1) is 0 Å². The summed E-state index contributed by atoms with van der Waals surface area (Å²) in [4.78, 5) is 10.5. The molecule has 0 aromatic carbocycles. The fourth-order valence-corrected chi connectivity index (χ4v) is 4.13. The van der Waals surface area contributed by atoms with Crippen LogP contribution in [0.25, 0.3) is 0 Å². The van der Waals surface area contributed by atoms with Gasteiger partial charge in [0.2, 0.25) is 0 Å². The first-order valence-electron chi connectivity index (χ1n) is 7.66. The number of rotatable bonds is 11. The van der Waals surface area contributed by atoms with E-state index in [4.69, 9.17) is 24.7 Å². The molecule has 0 unspecified atom stereocenters. The van der Waals surface area contributed by atoms with Crippen LogP contribution in [0.2, 0.25) is 6.04 Å². The molecule has 0 aromatic rings. The van der Waals surface area contributed by atoms with Gasteiger partial charge in [0.05, 0.1) is 0 Å². The van der Waals surface area contributed by atoms with Gasteiger partial charge in [-0.3, -0.25) is 0 Å². The number of amides is 2. The summed E-state index contributed by atoms with van der Waals surface area (Å²) in [5, 5.41) is 2.54. The molecule has 2 amide bonds. The minimum absolute atomic E-state index is 0.511. The summed E-state index contributed by atoms with van der Waals surface area (Å²) >= 11 is 0. The van der Waals surface area contributed by atoms with E-state index in [1.807, 2.05) is 20.8 Å². The average molecular weight is 324 g/mol. The van der Waals surface area contributed by atoms with Crippen LogP contribution < -0.4 is 16.8 Å². The van der Waals surface area contributed by atoms with Crippen LogP contribution in [0.4, 0.5) is 4.79 Å². The Hall–Kier alpha value is -0.673. The summed E-state index contributed by atoms with van der Waals surface area (Å²) in [6.07, 6.45) is 1.83. The van der Waals surface area contributed by atoms with E-state index in [9.17, 15) is 4.79 Å². The molecule has 0 aromatic heterocycles. The van der Waals surface area contributed by atoms with Crippen LogP contribution in [0.5, 0.6) is 0 Å². The van der Waals surface area contributed by atoms with Crippen molar-refractivity contribution in [3.05, 3.63) is 0 Å². The van der Waals surface area contributed by atoms with Gasteiger partial charge >= 0.3 is 14.8 Å². The summed E-state index contributed by atoms with van der Waals surface area (Å²) in [7, 11) is -2.56.